The first-order valence-electron chi connectivity index (χ1n) is 42.8. The van der Waals surface area contributed by atoms with Crippen LogP contribution in [0.5, 0.6) is 0 Å². The molecular weight excluding hydrogens is 1330 g/mol. The Hall–Kier alpha value is -1.94. The van der Waals surface area contributed by atoms with Crippen LogP contribution in [0, 0.1) is 23.7 Å². The lowest BCUT2D eigenvalue weighted by atomic mass is 9.99. The first-order chi connectivity index (χ1) is 49.2. The van der Waals surface area contributed by atoms with Crippen LogP contribution in [0.25, 0.3) is 0 Å². The van der Waals surface area contributed by atoms with Gasteiger partial charge in [-0.3, -0.25) is 37.3 Å². The van der Waals surface area contributed by atoms with Gasteiger partial charge in [-0.1, -0.05) is 376 Å². The van der Waals surface area contributed by atoms with E-state index in [0.29, 0.717) is 31.6 Å². The van der Waals surface area contributed by atoms with Gasteiger partial charge in [0.15, 0.2) is 12.2 Å². The number of aliphatic hydroxyl groups excluding tert-OH is 1. The third kappa shape index (κ3) is 73.6. The summed E-state index contributed by atoms with van der Waals surface area (Å²) < 4.78 is 68.7. The highest BCUT2D eigenvalue weighted by molar-refractivity contribution is 7.47. The third-order valence-corrected chi connectivity index (χ3v) is 21.9. The highest BCUT2D eigenvalue weighted by atomic mass is 31.2. The summed E-state index contributed by atoms with van der Waals surface area (Å²) in [6, 6.07) is 0. The minimum absolute atomic E-state index is 0.105. The van der Waals surface area contributed by atoms with E-state index in [-0.39, 0.29) is 25.7 Å². The molecule has 0 saturated carbocycles. The molecule has 0 saturated heterocycles. The predicted molar refractivity (Wildman–Crippen MR) is 418 cm³/mol. The van der Waals surface area contributed by atoms with E-state index in [1.807, 2.05) is 0 Å². The van der Waals surface area contributed by atoms with Gasteiger partial charge in [0.05, 0.1) is 26.4 Å². The number of esters is 4. The summed E-state index contributed by atoms with van der Waals surface area (Å²) in [5, 5.41) is 10.6. The Labute approximate surface area is 626 Å². The van der Waals surface area contributed by atoms with Crippen molar-refractivity contribution in [3.8, 4) is 0 Å². The van der Waals surface area contributed by atoms with Crippen molar-refractivity contribution >= 4 is 39.5 Å². The molecule has 0 rings (SSSR count). The molecule has 606 valence electrons. The lowest BCUT2D eigenvalue weighted by Gasteiger charge is -2.21. The number of unbranched alkanes of at least 4 members (excludes halogenated alkanes) is 44. The second-order valence-electron chi connectivity index (χ2n) is 31.3. The van der Waals surface area contributed by atoms with E-state index in [2.05, 4.69) is 55.4 Å². The van der Waals surface area contributed by atoms with Crippen molar-refractivity contribution in [3.63, 3.8) is 0 Å². The highest BCUT2D eigenvalue weighted by Gasteiger charge is 2.30. The van der Waals surface area contributed by atoms with Crippen LogP contribution >= 0.6 is 15.6 Å². The van der Waals surface area contributed by atoms with E-state index in [4.69, 9.17) is 37.0 Å². The van der Waals surface area contributed by atoms with Crippen molar-refractivity contribution in [1.29, 1.82) is 0 Å². The Balaban J connectivity index is 5.17. The molecule has 0 heterocycles. The van der Waals surface area contributed by atoms with Crippen molar-refractivity contribution in [2.45, 2.75) is 446 Å². The zero-order valence-corrected chi connectivity index (χ0v) is 69.0. The molecule has 0 aromatic carbocycles. The number of phosphoric ester groups is 2. The van der Waals surface area contributed by atoms with Gasteiger partial charge in [-0.15, -0.1) is 0 Å². The Morgan fingerprint density at radius 3 is 0.696 bits per heavy atom. The van der Waals surface area contributed by atoms with Gasteiger partial charge in [0.1, 0.15) is 19.3 Å². The molecule has 0 amide bonds. The molecule has 0 aliphatic rings. The normalized spacial score (nSPS) is 14.5. The van der Waals surface area contributed by atoms with Crippen LogP contribution in [0.1, 0.15) is 428 Å². The van der Waals surface area contributed by atoms with Gasteiger partial charge in [-0.2, -0.15) is 0 Å². The van der Waals surface area contributed by atoms with Crippen molar-refractivity contribution in [3.05, 3.63) is 0 Å². The topological polar surface area (TPSA) is 237 Å². The molecular formula is C83H162O17P2. The molecule has 0 aliphatic carbocycles. The van der Waals surface area contributed by atoms with Crippen LogP contribution in [0.3, 0.4) is 0 Å². The summed E-state index contributed by atoms with van der Waals surface area (Å²) in [7, 11) is -9.92. The van der Waals surface area contributed by atoms with Crippen LogP contribution < -0.4 is 0 Å². The number of carbonyl (C=O) groups is 4. The third-order valence-electron chi connectivity index (χ3n) is 20.0. The fourth-order valence-electron chi connectivity index (χ4n) is 12.7. The quantitative estimate of drug-likeness (QED) is 0.0222. The summed E-state index contributed by atoms with van der Waals surface area (Å²) >= 11 is 0. The highest BCUT2D eigenvalue weighted by Crippen LogP contribution is 2.45. The maximum Gasteiger partial charge on any atom is 0.472 e. The molecule has 102 heavy (non-hydrogen) atoms. The van der Waals surface area contributed by atoms with Gasteiger partial charge in [-0.25, -0.2) is 9.13 Å². The molecule has 5 unspecified atom stereocenters. The number of carbonyl (C=O) groups excluding carboxylic acids is 4. The molecule has 0 spiro atoms. The van der Waals surface area contributed by atoms with Crippen LogP contribution in [-0.2, 0) is 65.4 Å². The Bertz CT molecular complexity index is 1990. The molecule has 17 nitrogen and oxygen atoms in total. The number of hydrogen-bond acceptors (Lipinski definition) is 15. The van der Waals surface area contributed by atoms with Gasteiger partial charge in [0, 0.05) is 25.7 Å². The van der Waals surface area contributed by atoms with E-state index < -0.39 is 97.5 Å². The monoisotopic (exact) mass is 1490 g/mol. The minimum atomic E-state index is -4.96. The van der Waals surface area contributed by atoms with E-state index in [0.717, 1.165) is 114 Å². The van der Waals surface area contributed by atoms with Gasteiger partial charge >= 0.3 is 39.5 Å². The van der Waals surface area contributed by atoms with Crippen molar-refractivity contribution in [1.82, 2.24) is 0 Å². The number of rotatable bonds is 80. The smallest absolute Gasteiger partial charge is 0.462 e. The molecule has 0 radical (unpaired) electrons. The Kier molecular flexibility index (Phi) is 70.6. The molecule has 0 aromatic rings. The summed E-state index contributed by atoms with van der Waals surface area (Å²) in [5.41, 5.74) is 0. The fraction of sp³-hybridized carbons (Fsp3) is 0.952. The first-order valence-corrected chi connectivity index (χ1v) is 45.8. The summed E-state index contributed by atoms with van der Waals surface area (Å²) in [6.45, 7) is 14.3. The van der Waals surface area contributed by atoms with E-state index >= 15 is 0 Å². The zero-order chi connectivity index (χ0) is 75.3. The number of hydrogen-bond donors (Lipinski definition) is 3. The SMILES string of the molecule is CCC(C)CCCCCCCCCCCCCCCCCCCCC(=O)O[C@H](COC(=O)CCCCCCCCCC(C)C)COP(=O)(O)OCC(O)COP(=O)(O)OC[C@@H](COC(=O)CCCCCCCCCCCCCCCCC(C)CC)OC(=O)CCCCCCCCCCCC(C)C. The molecule has 19 heteroatoms. The first kappa shape index (κ1) is 100. The maximum absolute atomic E-state index is 13.1. The minimum Gasteiger partial charge on any atom is -0.462 e. The molecule has 0 aliphatic heterocycles. The fourth-order valence-corrected chi connectivity index (χ4v) is 14.3. The Morgan fingerprint density at radius 1 is 0.275 bits per heavy atom. The molecule has 3 N–H and O–H groups in total. The summed E-state index contributed by atoms with van der Waals surface area (Å²) in [5.74, 6) is 1.05. The summed E-state index contributed by atoms with van der Waals surface area (Å²) in [6.07, 6.45) is 59.8. The average Bonchev–Trinajstić information content (AvgIpc) is 0.929. The average molecular weight is 1490 g/mol. The molecule has 0 aromatic heterocycles. The van der Waals surface area contributed by atoms with Crippen molar-refractivity contribution in [2.75, 3.05) is 39.6 Å². The van der Waals surface area contributed by atoms with Crippen LogP contribution in [0.2, 0.25) is 0 Å². The molecule has 7 atom stereocenters. The second-order valence-corrected chi connectivity index (χ2v) is 34.2. The standard InChI is InChI=1S/C83H162O17P2/c1-9-75(7)61-53-45-37-29-23-19-15-13-11-12-14-16-22-26-32-40-49-57-65-82(87)99-79(70-94-81(86)64-56-48-42-34-36-44-52-60-74(5)6)72-98-102(91,92)96-68-77(84)67-95-101(89,90)97-71-78(100-83(88)66-58-50-41-33-27-28-35-43-51-59-73(3)4)69-93-80(85)63-55-47-39-31-25-21-18-17-20-24-30-38-46-54-62-76(8)10-2/h73-79,84H,9-72H2,1-8H3,(H,89,90)(H,91,92)/t75?,76?,77?,78-,79-/m1/s1. The number of aliphatic hydroxyl groups is 1. The van der Waals surface area contributed by atoms with Gasteiger partial charge in [0.2, 0.25) is 0 Å². The van der Waals surface area contributed by atoms with Crippen LogP contribution in [0.4, 0.5) is 0 Å². The van der Waals surface area contributed by atoms with Crippen molar-refractivity contribution in [2.24, 2.45) is 23.7 Å². The maximum atomic E-state index is 13.1. The Morgan fingerprint density at radius 2 is 0.471 bits per heavy atom. The lowest BCUT2D eigenvalue weighted by Crippen LogP contribution is -2.30. The zero-order valence-electron chi connectivity index (χ0n) is 67.2. The second kappa shape index (κ2) is 72.0. The van der Waals surface area contributed by atoms with Crippen molar-refractivity contribution < 1.29 is 80.2 Å². The van der Waals surface area contributed by atoms with E-state index in [1.165, 1.54) is 225 Å². The van der Waals surface area contributed by atoms with E-state index in [1.54, 1.807) is 0 Å². The molecule has 0 bridgehead atoms. The van der Waals surface area contributed by atoms with Gasteiger partial charge in [0.25, 0.3) is 0 Å². The summed E-state index contributed by atoms with van der Waals surface area (Å²) in [4.78, 5) is 73.0. The molecule has 0 fully saturated rings. The van der Waals surface area contributed by atoms with Crippen LogP contribution in [-0.4, -0.2) is 96.7 Å². The number of phosphoric acid groups is 2. The largest absolute Gasteiger partial charge is 0.472 e. The number of ether oxygens (including phenoxy) is 4. The lowest BCUT2D eigenvalue weighted by molar-refractivity contribution is -0.161. The van der Waals surface area contributed by atoms with Crippen LogP contribution in [0.15, 0.2) is 0 Å². The van der Waals surface area contributed by atoms with Gasteiger partial charge < -0.3 is 33.8 Å². The van der Waals surface area contributed by atoms with Gasteiger partial charge in [-0.05, 0) is 49.4 Å². The van der Waals surface area contributed by atoms with E-state index in [9.17, 15) is 43.2 Å². The predicted octanol–water partition coefficient (Wildman–Crippen LogP) is 24.8.